The Bertz CT molecular complexity index is 521. The zero-order valence-electron chi connectivity index (χ0n) is 16.2. The molecule has 0 aromatic heterocycles. The van der Waals surface area contributed by atoms with Gasteiger partial charge in [0.15, 0.2) is 0 Å². The van der Waals surface area contributed by atoms with Crippen molar-refractivity contribution in [2.75, 3.05) is 0 Å². The van der Waals surface area contributed by atoms with Gasteiger partial charge in [0.1, 0.15) is 11.5 Å². The Morgan fingerprint density at radius 2 is 1.48 bits per heavy atom. The standard InChI is InChI=1S/C21H34O2/c1-9-10-16(14(2)22)11-15-12-17(20(3,4)5)19(23)18(13-15)21(6,7)8/h12-13,16,23H,9-11H2,1-8H3. The highest BCUT2D eigenvalue weighted by Gasteiger charge is 2.27. The Kier molecular flexibility index (Phi) is 6.06. The zero-order chi connectivity index (χ0) is 18.0. The van der Waals surface area contributed by atoms with Crippen LogP contribution < -0.4 is 0 Å². The second kappa shape index (κ2) is 7.07. The number of rotatable bonds is 5. The molecule has 0 bridgehead atoms. The predicted octanol–water partition coefficient (Wildman–Crippen LogP) is 5.54. The molecular formula is C21H34O2. The van der Waals surface area contributed by atoms with E-state index in [0.29, 0.717) is 5.75 Å². The zero-order valence-corrected chi connectivity index (χ0v) is 16.2. The smallest absolute Gasteiger partial charge is 0.133 e. The van der Waals surface area contributed by atoms with E-state index in [1.54, 1.807) is 6.92 Å². The fourth-order valence-electron chi connectivity index (χ4n) is 3.04. The van der Waals surface area contributed by atoms with Gasteiger partial charge in [0.05, 0.1) is 0 Å². The average molecular weight is 319 g/mol. The van der Waals surface area contributed by atoms with Crippen LogP contribution in [0, 0.1) is 5.92 Å². The maximum atomic E-state index is 11.9. The van der Waals surface area contributed by atoms with Crippen molar-refractivity contribution in [2.45, 2.75) is 85.5 Å². The molecule has 1 N–H and O–H groups in total. The number of phenols is 1. The lowest BCUT2D eigenvalue weighted by Crippen LogP contribution is -2.19. The van der Waals surface area contributed by atoms with E-state index in [1.165, 1.54) is 0 Å². The fourth-order valence-corrected chi connectivity index (χ4v) is 3.04. The Morgan fingerprint density at radius 1 is 1.04 bits per heavy atom. The molecule has 2 heteroatoms. The number of phenolic OH excluding ortho intramolecular Hbond substituents is 1. The normalized spacial score (nSPS) is 13.9. The Labute approximate surface area is 142 Å². The molecule has 1 unspecified atom stereocenters. The summed E-state index contributed by atoms with van der Waals surface area (Å²) in [4.78, 5) is 11.9. The van der Waals surface area contributed by atoms with Gasteiger partial charge in [-0.15, -0.1) is 0 Å². The number of aromatic hydroxyl groups is 1. The van der Waals surface area contributed by atoms with Crippen LogP contribution in [0.1, 0.15) is 84.9 Å². The lowest BCUT2D eigenvalue weighted by Gasteiger charge is -2.28. The Morgan fingerprint density at radius 3 is 1.78 bits per heavy atom. The van der Waals surface area contributed by atoms with Crippen LogP contribution >= 0.6 is 0 Å². The minimum Gasteiger partial charge on any atom is -0.507 e. The first-order valence-corrected chi connectivity index (χ1v) is 8.75. The van der Waals surface area contributed by atoms with Crippen LogP contribution in [0.2, 0.25) is 0 Å². The molecule has 130 valence electrons. The first-order valence-electron chi connectivity index (χ1n) is 8.75. The van der Waals surface area contributed by atoms with Gasteiger partial charge in [-0.1, -0.05) is 67.0 Å². The lowest BCUT2D eigenvalue weighted by molar-refractivity contribution is -0.120. The molecular weight excluding hydrogens is 284 g/mol. The van der Waals surface area contributed by atoms with Crippen LogP contribution in [0.4, 0.5) is 0 Å². The fraction of sp³-hybridized carbons (Fsp3) is 0.667. The highest BCUT2D eigenvalue weighted by molar-refractivity contribution is 5.78. The van der Waals surface area contributed by atoms with Crippen LogP contribution in [-0.4, -0.2) is 10.9 Å². The molecule has 1 aromatic rings. The number of carbonyl (C=O) groups is 1. The summed E-state index contributed by atoms with van der Waals surface area (Å²) < 4.78 is 0. The molecule has 0 radical (unpaired) electrons. The summed E-state index contributed by atoms with van der Waals surface area (Å²) in [6.07, 6.45) is 2.70. The van der Waals surface area contributed by atoms with E-state index >= 15 is 0 Å². The summed E-state index contributed by atoms with van der Waals surface area (Å²) in [5, 5.41) is 10.8. The minimum atomic E-state index is -0.128. The van der Waals surface area contributed by atoms with E-state index in [9.17, 15) is 9.90 Å². The molecule has 0 spiro atoms. The van der Waals surface area contributed by atoms with Crippen LogP contribution in [0.25, 0.3) is 0 Å². The number of ketones is 1. The molecule has 0 aliphatic heterocycles. The van der Waals surface area contributed by atoms with Crippen molar-refractivity contribution in [3.63, 3.8) is 0 Å². The predicted molar refractivity (Wildman–Crippen MR) is 98.3 cm³/mol. The van der Waals surface area contributed by atoms with Gasteiger partial charge >= 0.3 is 0 Å². The van der Waals surface area contributed by atoms with Gasteiger partial charge in [-0.25, -0.2) is 0 Å². The minimum absolute atomic E-state index is 0.0742. The molecule has 0 aliphatic rings. The topological polar surface area (TPSA) is 37.3 Å². The molecule has 1 aromatic carbocycles. The summed E-state index contributed by atoms with van der Waals surface area (Å²) in [5.74, 6) is 0.739. The summed E-state index contributed by atoms with van der Waals surface area (Å²) in [6, 6.07) is 4.19. The van der Waals surface area contributed by atoms with Gasteiger partial charge in [-0.2, -0.15) is 0 Å². The van der Waals surface area contributed by atoms with Crippen LogP contribution in [0.3, 0.4) is 0 Å². The van der Waals surface area contributed by atoms with Crippen LogP contribution in [0.15, 0.2) is 12.1 Å². The number of hydrogen-bond acceptors (Lipinski definition) is 2. The molecule has 0 aliphatic carbocycles. The van der Waals surface area contributed by atoms with E-state index in [4.69, 9.17) is 0 Å². The van der Waals surface area contributed by atoms with Crippen molar-refractivity contribution >= 4 is 5.78 Å². The van der Waals surface area contributed by atoms with Crippen molar-refractivity contribution in [1.29, 1.82) is 0 Å². The molecule has 0 amide bonds. The molecule has 0 fully saturated rings. The Hall–Kier alpha value is -1.31. The molecule has 0 saturated heterocycles. The van der Waals surface area contributed by atoms with Gasteiger partial charge in [-0.3, -0.25) is 4.79 Å². The van der Waals surface area contributed by atoms with E-state index in [2.05, 4.69) is 60.6 Å². The number of carbonyl (C=O) groups excluding carboxylic acids is 1. The van der Waals surface area contributed by atoms with Gasteiger partial charge in [0, 0.05) is 5.92 Å². The highest BCUT2D eigenvalue weighted by atomic mass is 16.3. The quantitative estimate of drug-likeness (QED) is 0.774. The number of benzene rings is 1. The SMILES string of the molecule is CCCC(Cc1cc(C(C)(C)C)c(O)c(C(C)(C)C)c1)C(C)=O. The second-order valence-electron chi connectivity index (χ2n) is 8.84. The Balaban J connectivity index is 3.41. The number of Topliss-reactive ketones (excluding diaryl/α,β-unsaturated/α-hetero) is 1. The number of hydrogen-bond donors (Lipinski definition) is 1. The average Bonchev–Trinajstić information content (AvgIpc) is 2.37. The first kappa shape index (κ1) is 19.7. The van der Waals surface area contributed by atoms with Crippen molar-refractivity contribution in [3.05, 3.63) is 28.8 Å². The highest BCUT2D eigenvalue weighted by Crippen LogP contribution is 2.40. The van der Waals surface area contributed by atoms with Gasteiger partial charge in [0.2, 0.25) is 0 Å². The van der Waals surface area contributed by atoms with E-state index in [-0.39, 0.29) is 22.5 Å². The van der Waals surface area contributed by atoms with Crippen molar-refractivity contribution < 1.29 is 9.90 Å². The molecule has 1 atom stereocenters. The largest absolute Gasteiger partial charge is 0.507 e. The monoisotopic (exact) mass is 318 g/mol. The third-order valence-corrected chi connectivity index (χ3v) is 4.48. The van der Waals surface area contributed by atoms with Crippen LogP contribution in [0.5, 0.6) is 5.75 Å². The van der Waals surface area contributed by atoms with Gasteiger partial charge in [0.25, 0.3) is 0 Å². The van der Waals surface area contributed by atoms with Gasteiger partial charge < -0.3 is 5.11 Å². The first-order chi connectivity index (χ1) is 10.4. The third-order valence-electron chi connectivity index (χ3n) is 4.48. The molecule has 2 nitrogen and oxygen atoms in total. The maximum absolute atomic E-state index is 11.9. The van der Waals surface area contributed by atoms with Gasteiger partial charge in [-0.05, 0) is 47.3 Å². The summed E-state index contributed by atoms with van der Waals surface area (Å²) >= 11 is 0. The molecule has 1 rings (SSSR count). The lowest BCUT2D eigenvalue weighted by atomic mass is 9.77. The summed E-state index contributed by atoms with van der Waals surface area (Å²) in [6.45, 7) is 16.5. The van der Waals surface area contributed by atoms with E-state index < -0.39 is 0 Å². The van der Waals surface area contributed by atoms with E-state index in [0.717, 1.165) is 36.0 Å². The third kappa shape index (κ3) is 5.09. The second-order valence-corrected chi connectivity index (χ2v) is 8.84. The van der Waals surface area contributed by atoms with Crippen LogP contribution in [-0.2, 0) is 22.0 Å². The van der Waals surface area contributed by atoms with Crippen molar-refractivity contribution in [2.24, 2.45) is 5.92 Å². The summed E-state index contributed by atoms with van der Waals surface area (Å²) in [5.41, 5.74) is 2.84. The van der Waals surface area contributed by atoms with E-state index in [1.807, 2.05) is 0 Å². The molecule has 0 saturated carbocycles. The molecule has 0 heterocycles. The maximum Gasteiger partial charge on any atom is 0.133 e. The van der Waals surface area contributed by atoms with Crippen molar-refractivity contribution in [1.82, 2.24) is 0 Å². The van der Waals surface area contributed by atoms with Crippen molar-refractivity contribution in [3.8, 4) is 5.75 Å². The summed E-state index contributed by atoms with van der Waals surface area (Å²) in [7, 11) is 0. The molecule has 23 heavy (non-hydrogen) atoms.